The third-order valence-electron chi connectivity index (χ3n) is 3.50. The highest BCUT2D eigenvalue weighted by Gasteiger charge is 2.22. The number of aromatic nitrogens is 2. The number of anilines is 1. The quantitative estimate of drug-likeness (QED) is 0.868. The van der Waals surface area contributed by atoms with Crippen LogP contribution in [0.25, 0.3) is 0 Å². The van der Waals surface area contributed by atoms with Crippen LogP contribution in [-0.2, 0) is 6.54 Å². The van der Waals surface area contributed by atoms with E-state index in [4.69, 9.17) is 5.11 Å². The topological polar surface area (TPSA) is 70.4 Å². The first-order valence-corrected chi connectivity index (χ1v) is 6.92. The van der Waals surface area contributed by atoms with Gasteiger partial charge in [0.1, 0.15) is 0 Å². The number of hydrogen-bond donors (Lipinski definition) is 2. The number of carbonyl (C=O) groups excluding carboxylic acids is 1. The molecule has 6 nitrogen and oxygen atoms in total. The van der Waals surface area contributed by atoms with Gasteiger partial charge in [-0.25, -0.2) is 4.79 Å². The molecular formula is C13H22N4O2. The number of aliphatic hydroxyl groups is 1. The van der Waals surface area contributed by atoms with Crippen LogP contribution in [-0.4, -0.2) is 45.5 Å². The van der Waals surface area contributed by atoms with E-state index in [1.54, 1.807) is 11.1 Å². The van der Waals surface area contributed by atoms with E-state index in [0.29, 0.717) is 19.0 Å². The van der Waals surface area contributed by atoms with Gasteiger partial charge in [-0.05, 0) is 25.2 Å². The van der Waals surface area contributed by atoms with Crippen molar-refractivity contribution in [3.05, 3.63) is 12.4 Å². The first kappa shape index (κ1) is 13.9. The SMILES string of the molecule is CCCn1cc(NC(=O)N2CCC(CO)CC2)cn1. The summed E-state index contributed by atoms with van der Waals surface area (Å²) in [7, 11) is 0. The lowest BCUT2D eigenvalue weighted by atomic mass is 9.98. The van der Waals surface area contributed by atoms with Crippen LogP contribution in [0.3, 0.4) is 0 Å². The summed E-state index contributed by atoms with van der Waals surface area (Å²) in [6, 6.07) is -0.0764. The Morgan fingerprint density at radius 1 is 1.53 bits per heavy atom. The molecule has 1 aromatic rings. The third-order valence-corrected chi connectivity index (χ3v) is 3.50. The number of piperidine rings is 1. The van der Waals surface area contributed by atoms with Crippen LogP contribution < -0.4 is 5.32 Å². The Morgan fingerprint density at radius 2 is 2.26 bits per heavy atom. The molecule has 0 bridgehead atoms. The van der Waals surface area contributed by atoms with Gasteiger partial charge in [0.05, 0.1) is 11.9 Å². The normalized spacial score (nSPS) is 16.6. The van der Waals surface area contributed by atoms with E-state index in [1.807, 2.05) is 10.9 Å². The maximum Gasteiger partial charge on any atom is 0.321 e. The average molecular weight is 266 g/mol. The maximum absolute atomic E-state index is 12.0. The Hall–Kier alpha value is -1.56. The smallest absolute Gasteiger partial charge is 0.321 e. The van der Waals surface area contributed by atoms with Crippen molar-refractivity contribution in [1.29, 1.82) is 0 Å². The fraction of sp³-hybridized carbons (Fsp3) is 0.692. The van der Waals surface area contributed by atoms with Crippen LogP contribution >= 0.6 is 0 Å². The molecule has 0 saturated carbocycles. The van der Waals surface area contributed by atoms with E-state index < -0.39 is 0 Å². The predicted octanol–water partition coefficient (Wildman–Crippen LogP) is 1.53. The van der Waals surface area contributed by atoms with Gasteiger partial charge in [-0.15, -0.1) is 0 Å². The molecular weight excluding hydrogens is 244 g/mol. The van der Waals surface area contributed by atoms with Gasteiger partial charge in [-0.3, -0.25) is 4.68 Å². The molecule has 2 N–H and O–H groups in total. The Balaban J connectivity index is 1.83. The molecule has 106 valence electrons. The number of likely N-dealkylation sites (tertiary alicyclic amines) is 1. The van der Waals surface area contributed by atoms with Gasteiger partial charge in [0.2, 0.25) is 0 Å². The van der Waals surface area contributed by atoms with Gasteiger partial charge in [0.25, 0.3) is 0 Å². The standard InChI is InChI=1S/C13H22N4O2/c1-2-5-17-9-12(8-14-17)15-13(19)16-6-3-11(10-18)4-7-16/h8-9,11,18H,2-7,10H2,1H3,(H,15,19). The number of amides is 2. The highest BCUT2D eigenvalue weighted by molar-refractivity contribution is 5.89. The number of urea groups is 1. The average Bonchev–Trinajstić information content (AvgIpc) is 2.86. The van der Waals surface area contributed by atoms with Gasteiger partial charge in [-0.1, -0.05) is 6.92 Å². The van der Waals surface area contributed by atoms with Crippen LogP contribution in [0.2, 0.25) is 0 Å². The van der Waals surface area contributed by atoms with Crippen LogP contribution in [0.15, 0.2) is 12.4 Å². The molecule has 0 radical (unpaired) electrons. The zero-order valence-electron chi connectivity index (χ0n) is 11.4. The number of rotatable bonds is 4. The van der Waals surface area contributed by atoms with Gasteiger partial charge in [0, 0.05) is 32.4 Å². The molecule has 0 aliphatic carbocycles. The molecule has 2 amide bonds. The summed E-state index contributed by atoms with van der Waals surface area (Å²) in [4.78, 5) is 13.8. The number of aliphatic hydroxyl groups excluding tert-OH is 1. The van der Waals surface area contributed by atoms with Crippen molar-refractivity contribution in [2.45, 2.75) is 32.7 Å². The van der Waals surface area contributed by atoms with E-state index in [-0.39, 0.29) is 12.6 Å². The van der Waals surface area contributed by atoms with Crippen LogP contribution in [0, 0.1) is 5.92 Å². The minimum absolute atomic E-state index is 0.0764. The Morgan fingerprint density at radius 3 is 2.89 bits per heavy atom. The zero-order valence-corrected chi connectivity index (χ0v) is 11.4. The minimum atomic E-state index is -0.0764. The van der Waals surface area contributed by atoms with Crippen molar-refractivity contribution < 1.29 is 9.90 Å². The molecule has 0 aromatic carbocycles. The molecule has 1 aliphatic rings. The fourth-order valence-electron chi connectivity index (χ4n) is 2.30. The molecule has 0 atom stereocenters. The molecule has 2 rings (SSSR count). The zero-order chi connectivity index (χ0) is 13.7. The maximum atomic E-state index is 12.0. The second-order valence-corrected chi connectivity index (χ2v) is 5.04. The van der Waals surface area contributed by atoms with Crippen LogP contribution in [0.1, 0.15) is 26.2 Å². The highest BCUT2D eigenvalue weighted by Crippen LogP contribution is 2.17. The number of nitrogens with zero attached hydrogens (tertiary/aromatic N) is 3. The van der Waals surface area contributed by atoms with E-state index in [0.717, 1.165) is 31.5 Å². The summed E-state index contributed by atoms with van der Waals surface area (Å²) < 4.78 is 1.83. The molecule has 1 saturated heterocycles. The van der Waals surface area contributed by atoms with Gasteiger partial charge >= 0.3 is 6.03 Å². The summed E-state index contributed by atoms with van der Waals surface area (Å²) in [5.74, 6) is 0.344. The summed E-state index contributed by atoms with van der Waals surface area (Å²) in [5.41, 5.74) is 0.739. The summed E-state index contributed by atoms with van der Waals surface area (Å²) in [6.45, 7) is 4.59. The largest absolute Gasteiger partial charge is 0.396 e. The van der Waals surface area contributed by atoms with Crippen molar-refractivity contribution in [3.63, 3.8) is 0 Å². The number of aryl methyl sites for hydroxylation is 1. The first-order chi connectivity index (χ1) is 9.22. The minimum Gasteiger partial charge on any atom is -0.396 e. The fourth-order valence-corrected chi connectivity index (χ4v) is 2.30. The lowest BCUT2D eigenvalue weighted by molar-refractivity contribution is 0.143. The number of hydrogen-bond acceptors (Lipinski definition) is 3. The van der Waals surface area contributed by atoms with Crippen molar-refractivity contribution in [2.75, 3.05) is 25.0 Å². The van der Waals surface area contributed by atoms with E-state index in [2.05, 4.69) is 17.3 Å². The molecule has 1 aliphatic heterocycles. The molecule has 2 heterocycles. The van der Waals surface area contributed by atoms with Crippen LogP contribution in [0.5, 0.6) is 0 Å². The second kappa shape index (κ2) is 6.56. The molecule has 0 unspecified atom stereocenters. The Kier molecular flexibility index (Phi) is 4.79. The lowest BCUT2D eigenvalue weighted by Crippen LogP contribution is -2.41. The predicted molar refractivity (Wildman–Crippen MR) is 72.9 cm³/mol. The second-order valence-electron chi connectivity index (χ2n) is 5.04. The van der Waals surface area contributed by atoms with Crippen molar-refractivity contribution >= 4 is 11.7 Å². The molecule has 6 heteroatoms. The van der Waals surface area contributed by atoms with Gasteiger partial charge < -0.3 is 15.3 Å². The van der Waals surface area contributed by atoms with Crippen molar-refractivity contribution in [2.24, 2.45) is 5.92 Å². The first-order valence-electron chi connectivity index (χ1n) is 6.92. The summed E-state index contributed by atoms with van der Waals surface area (Å²) >= 11 is 0. The number of carbonyl (C=O) groups is 1. The monoisotopic (exact) mass is 266 g/mol. The molecule has 1 aromatic heterocycles. The van der Waals surface area contributed by atoms with Gasteiger partial charge in [-0.2, -0.15) is 5.10 Å². The Bertz CT molecular complexity index is 411. The van der Waals surface area contributed by atoms with E-state index >= 15 is 0 Å². The van der Waals surface area contributed by atoms with E-state index in [9.17, 15) is 4.79 Å². The van der Waals surface area contributed by atoms with Gasteiger partial charge in [0.15, 0.2) is 0 Å². The third kappa shape index (κ3) is 3.70. The van der Waals surface area contributed by atoms with Crippen molar-refractivity contribution in [3.8, 4) is 0 Å². The Labute approximate surface area is 113 Å². The highest BCUT2D eigenvalue weighted by atomic mass is 16.3. The molecule has 19 heavy (non-hydrogen) atoms. The lowest BCUT2D eigenvalue weighted by Gasteiger charge is -2.30. The molecule has 1 fully saturated rings. The van der Waals surface area contributed by atoms with Crippen LogP contribution in [0.4, 0.5) is 10.5 Å². The molecule has 0 spiro atoms. The summed E-state index contributed by atoms with van der Waals surface area (Å²) in [6.07, 6.45) is 6.29. The van der Waals surface area contributed by atoms with E-state index in [1.165, 1.54) is 0 Å². The van der Waals surface area contributed by atoms with Crippen molar-refractivity contribution in [1.82, 2.24) is 14.7 Å². The summed E-state index contributed by atoms with van der Waals surface area (Å²) in [5, 5.41) is 16.1. The number of nitrogens with one attached hydrogen (secondary N) is 1.